The van der Waals surface area contributed by atoms with Gasteiger partial charge in [-0.25, -0.2) is 0 Å². The van der Waals surface area contributed by atoms with E-state index in [1.807, 2.05) is 37.3 Å². The van der Waals surface area contributed by atoms with E-state index in [1.165, 1.54) is 11.0 Å². The second-order valence-corrected chi connectivity index (χ2v) is 8.44. The Morgan fingerprint density at radius 3 is 2.50 bits per heavy atom. The van der Waals surface area contributed by atoms with Crippen LogP contribution < -0.4 is 15.5 Å². The van der Waals surface area contributed by atoms with Crippen molar-refractivity contribution < 1.29 is 23.7 Å². The second kappa shape index (κ2) is 10.3. The van der Waals surface area contributed by atoms with Gasteiger partial charge in [0.15, 0.2) is 0 Å². The number of nitro benzene ring substituents is 1. The van der Waals surface area contributed by atoms with Gasteiger partial charge in [-0.05, 0) is 36.8 Å². The van der Waals surface area contributed by atoms with E-state index in [4.69, 9.17) is 0 Å². The minimum absolute atomic E-state index is 0.0349. The van der Waals surface area contributed by atoms with E-state index in [2.05, 4.69) is 10.6 Å². The third kappa shape index (κ3) is 5.22. The lowest BCUT2D eigenvalue weighted by Gasteiger charge is -2.18. The zero-order valence-electron chi connectivity index (χ0n) is 19.3. The highest BCUT2D eigenvalue weighted by Gasteiger charge is 2.36. The summed E-state index contributed by atoms with van der Waals surface area (Å²) in [5.74, 6) is -3.04. The van der Waals surface area contributed by atoms with Gasteiger partial charge < -0.3 is 15.5 Å². The zero-order valence-corrected chi connectivity index (χ0v) is 19.3. The first-order valence-electron chi connectivity index (χ1n) is 11.2. The van der Waals surface area contributed by atoms with Gasteiger partial charge >= 0.3 is 5.69 Å². The third-order valence-electron chi connectivity index (χ3n) is 6.01. The number of rotatable bonds is 7. The van der Waals surface area contributed by atoms with Gasteiger partial charge in [-0.3, -0.25) is 24.5 Å². The fourth-order valence-corrected chi connectivity index (χ4v) is 4.07. The third-order valence-corrected chi connectivity index (χ3v) is 6.01. The first-order chi connectivity index (χ1) is 17.2. The maximum absolute atomic E-state index is 13.7. The van der Waals surface area contributed by atoms with Gasteiger partial charge in [0.25, 0.3) is 5.91 Å². The summed E-state index contributed by atoms with van der Waals surface area (Å²) < 4.78 is 13.7. The highest BCUT2D eigenvalue weighted by atomic mass is 19.1. The molecule has 3 aromatic carbocycles. The summed E-state index contributed by atoms with van der Waals surface area (Å²) in [5, 5.41) is 16.7. The number of nitrogens with zero attached hydrogens (tertiary/aromatic N) is 2. The Bertz CT molecular complexity index is 1330. The number of amides is 3. The minimum Gasteiger partial charge on any atom is -0.345 e. The molecule has 2 atom stereocenters. The van der Waals surface area contributed by atoms with Crippen molar-refractivity contribution in [1.29, 1.82) is 0 Å². The van der Waals surface area contributed by atoms with Crippen LogP contribution in [0.2, 0.25) is 0 Å². The van der Waals surface area contributed by atoms with Gasteiger partial charge in [-0.1, -0.05) is 42.5 Å². The lowest BCUT2D eigenvalue weighted by atomic mass is 10.1. The molecule has 1 heterocycles. The number of nitrogens with one attached hydrogen (secondary N) is 2. The van der Waals surface area contributed by atoms with E-state index in [-0.39, 0.29) is 36.2 Å². The molecule has 0 aliphatic carbocycles. The van der Waals surface area contributed by atoms with Crippen LogP contribution in [0.1, 0.15) is 35.3 Å². The number of nitro groups is 1. The Kier molecular flexibility index (Phi) is 7.05. The summed E-state index contributed by atoms with van der Waals surface area (Å²) in [6.45, 7) is 1.82. The Morgan fingerprint density at radius 1 is 1.08 bits per heavy atom. The van der Waals surface area contributed by atoms with Gasteiger partial charge in [0.1, 0.15) is 0 Å². The van der Waals surface area contributed by atoms with Gasteiger partial charge in [0, 0.05) is 19.0 Å². The maximum Gasteiger partial charge on any atom is 0.306 e. The monoisotopic (exact) mass is 490 g/mol. The number of anilines is 2. The van der Waals surface area contributed by atoms with Crippen molar-refractivity contribution in [3.63, 3.8) is 0 Å². The van der Waals surface area contributed by atoms with Crippen LogP contribution in [0.3, 0.4) is 0 Å². The molecule has 3 aromatic rings. The lowest BCUT2D eigenvalue weighted by molar-refractivity contribution is -0.387. The fourth-order valence-electron chi connectivity index (χ4n) is 4.07. The SMILES string of the molecule is C[C@@H](NC(=O)c1ccccc1NC(=O)[C@H]1CC(=O)N(c2ccc(F)c([N+](=O)[O-])c2)C1)c1ccccc1. The molecule has 0 saturated carbocycles. The molecule has 2 N–H and O–H groups in total. The molecule has 10 heteroatoms. The Hall–Kier alpha value is -4.60. The van der Waals surface area contributed by atoms with Crippen molar-refractivity contribution in [2.24, 2.45) is 5.92 Å². The first-order valence-corrected chi connectivity index (χ1v) is 11.2. The van der Waals surface area contributed by atoms with Gasteiger partial charge in [0.05, 0.1) is 33.8 Å². The summed E-state index contributed by atoms with van der Waals surface area (Å²) in [4.78, 5) is 49.9. The summed E-state index contributed by atoms with van der Waals surface area (Å²) >= 11 is 0. The number of benzene rings is 3. The van der Waals surface area contributed by atoms with Crippen molar-refractivity contribution in [2.75, 3.05) is 16.8 Å². The number of hydrogen-bond acceptors (Lipinski definition) is 5. The van der Waals surface area contributed by atoms with Gasteiger partial charge in [0.2, 0.25) is 17.6 Å². The van der Waals surface area contributed by atoms with Crippen molar-refractivity contribution in [2.45, 2.75) is 19.4 Å². The molecule has 36 heavy (non-hydrogen) atoms. The summed E-state index contributed by atoms with van der Waals surface area (Å²) in [7, 11) is 0. The second-order valence-electron chi connectivity index (χ2n) is 8.44. The molecule has 0 aromatic heterocycles. The molecule has 0 unspecified atom stereocenters. The fraction of sp³-hybridized carbons (Fsp3) is 0.192. The normalized spacial score (nSPS) is 15.9. The van der Waals surface area contributed by atoms with Crippen LogP contribution in [-0.4, -0.2) is 29.2 Å². The van der Waals surface area contributed by atoms with E-state index in [0.29, 0.717) is 5.69 Å². The Balaban J connectivity index is 1.46. The number of hydrogen-bond donors (Lipinski definition) is 2. The van der Waals surface area contributed by atoms with Gasteiger partial charge in [-0.15, -0.1) is 0 Å². The van der Waals surface area contributed by atoms with Gasteiger partial charge in [-0.2, -0.15) is 4.39 Å². The molecule has 0 spiro atoms. The Labute approximate surface area is 206 Å². The van der Waals surface area contributed by atoms with Crippen molar-refractivity contribution in [1.82, 2.24) is 5.32 Å². The van der Waals surface area contributed by atoms with E-state index in [0.717, 1.165) is 17.7 Å². The lowest BCUT2D eigenvalue weighted by Crippen LogP contribution is -2.30. The smallest absolute Gasteiger partial charge is 0.306 e. The molecular formula is C26H23FN4O5. The van der Waals surface area contributed by atoms with E-state index >= 15 is 0 Å². The molecule has 3 amide bonds. The Morgan fingerprint density at radius 2 is 1.78 bits per heavy atom. The standard InChI is InChI=1S/C26H23FN4O5/c1-16(17-7-3-2-4-8-17)28-26(34)20-9-5-6-10-22(20)29-25(33)18-13-24(32)30(15-18)19-11-12-21(27)23(14-19)31(35)36/h2-12,14,16,18H,13,15H2,1H3,(H,28,34)(H,29,33)/t16-,18+/m1/s1. The molecule has 9 nitrogen and oxygen atoms in total. The van der Waals surface area contributed by atoms with Crippen LogP contribution in [-0.2, 0) is 9.59 Å². The predicted molar refractivity (Wildman–Crippen MR) is 131 cm³/mol. The highest BCUT2D eigenvalue weighted by Crippen LogP contribution is 2.30. The minimum atomic E-state index is -1.01. The van der Waals surface area contributed by atoms with E-state index in [1.54, 1.807) is 24.3 Å². The van der Waals surface area contributed by atoms with Crippen LogP contribution in [0, 0.1) is 21.8 Å². The highest BCUT2D eigenvalue weighted by molar-refractivity contribution is 6.07. The molecule has 1 aliphatic rings. The number of carbonyl (C=O) groups is 3. The number of carbonyl (C=O) groups excluding carboxylic acids is 3. The average Bonchev–Trinajstić information content (AvgIpc) is 3.26. The van der Waals surface area contributed by atoms with Crippen LogP contribution >= 0.6 is 0 Å². The predicted octanol–water partition coefficient (Wildman–Crippen LogP) is 4.22. The molecular weight excluding hydrogens is 467 g/mol. The molecule has 4 rings (SSSR count). The van der Waals surface area contributed by atoms with Crippen molar-refractivity contribution in [3.8, 4) is 0 Å². The van der Waals surface area contributed by atoms with E-state index in [9.17, 15) is 28.9 Å². The van der Waals surface area contributed by atoms with Crippen molar-refractivity contribution >= 4 is 34.8 Å². The van der Waals surface area contributed by atoms with Crippen molar-refractivity contribution in [3.05, 3.63) is 99.9 Å². The number of halogens is 1. The van der Waals surface area contributed by atoms with Crippen LogP contribution in [0.25, 0.3) is 0 Å². The average molecular weight is 490 g/mol. The first kappa shape index (κ1) is 24.5. The molecule has 184 valence electrons. The molecule has 1 aliphatic heterocycles. The summed E-state index contributed by atoms with van der Waals surface area (Å²) in [5.41, 5.74) is 0.876. The topological polar surface area (TPSA) is 122 Å². The summed E-state index contributed by atoms with van der Waals surface area (Å²) in [6, 6.07) is 18.9. The van der Waals surface area contributed by atoms with E-state index < -0.39 is 34.2 Å². The summed E-state index contributed by atoms with van der Waals surface area (Å²) in [6.07, 6.45) is -0.129. The zero-order chi connectivity index (χ0) is 25.8. The largest absolute Gasteiger partial charge is 0.345 e. The van der Waals surface area contributed by atoms with Crippen LogP contribution in [0.5, 0.6) is 0 Å². The van der Waals surface area contributed by atoms with Crippen LogP contribution in [0.4, 0.5) is 21.5 Å². The molecule has 0 radical (unpaired) electrons. The molecule has 1 fully saturated rings. The van der Waals surface area contributed by atoms with Crippen LogP contribution in [0.15, 0.2) is 72.8 Å². The molecule has 0 bridgehead atoms. The maximum atomic E-state index is 13.7. The number of para-hydroxylation sites is 1. The molecule has 1 saturated heterocycles. The quantitative estimate of drug-likeness (QED) is 0.379.